The van der Waals surface area contributed by atoms with Crippen LogP contribution in [-0.4, -0.2) is 73.6 Å². The predicted octanol–water partition coefficient (Wildman–Crippen LogP) is 1.14. The molecule has 1 N–H and O–H groups in total. The number of hydrogen-bond donors (Lipinski definition) is 1. The Labute approximate surface area is 154 Å². The highest BCUT2D eigenvalue weighted by atomic mass is 16.5. The number of carbonyl (C=O) groups excluding carboxylic acids is 2. The van der Waals surface area contributed by atoms with Crippen LogP contribution in [0.4, 0.5) is 0 Å². The monoisotopic (exact) mass is 357 g/mol. The summed E-state index contributed by atoms with van der Waals surface area (Å²) >= 11 is 0. The number of rotatable bonds is 5. The van der Waals surface area contributed by atoms with Crippen LogP contribution in [0, 0.1) is 0 Å². The zero-order valence-corrected chi connectivity index (χ0v) is 15.4. The van der Waals surface area contributed by atoms with Gasteiger partial charge in [-0.2, -0.15) is 0 Å². The van der Waals surface area contributed by atoms with E-state index in [9.17, 15) is 9.59 Å². The van der Waals surface area contributed by atoms with Crippen LogP contribution in [-0.2, 0) is 14.3 Å². The van der Waals surface area contributed by atoms with Crippen LogP contribution in [0.5, 0.6) is 0 Å². The van der Waals surface area contributed by atoms with Crippen molar-refractivity contribution in [1.82, 2.24) is 15.1 Å². The second kappa shape index (κ2) is 8.47. The minimum Gasteiger partial charge on any atom is -0.375 e. The Morgan fingerprint density at radius 3 is 2.77 bits per heavy atom. The van der Waals surface area contributed by atoms with Crippen molar-refractivity contribution in [1.29, 1.82) is 0 Å². The van der Waals surface area contributed by atoms with E-state index in [1.165, 1.54) is 0 Å². The first kappa shape index (κ1) is 18.6. The molecule has 1 aromatic rings. The third-order valence-corrected chi connectivity index (χ3v) is 4.96. The summed E-state index contributed by atoms with van der Waals surface area (Å²) in [5.74, 6) is 0.0162. The molecule has 0 unspecified atom stereocenters. The standard InChI is InChI=1S/C20H27N3O3/c1-22(2)20(25)11-18-13-23-12-16(10-17(23)14-26-18)21-19(24)9-8-15-6-4-3-5-7-15/h3-9,16-18H,10-14H2,1-2H3,(H,21,24)/t16-,17+,18+/m1/s1. The highest BCUT2D eigenvalue weighted by Gasteiger charge is 2.38. The molecule has 2 aliphatic heterocycles. The lowest BCUT2D eigenvalue weighted by Gasteiger charge is -2.35. The predicted molar refractivity (Wildman–Crippen MR) is 100 cm³/mol. The molecule has 3 atom stereocenters. The molecule has 2 saturated heterocycles. The lowest BCUT2D eigenvalue weighted by Crippen LogP contribution is -2.47. The van der Waals surface area contributed by atoms with Gasteiger partial charge >= 0.3 is 0 Å². The second-order valence-electron chi connectivity index (χ2n) is 7.24. The van der Waals surface area contributed by atoms with E-state index >= 15 is 0 Å². The Morgan fingerprint density at radius 1 is 1.27 bits per heavy atom. The topological polar surface area (TPSA) is 61.9 Å². The molecular weight excluding hydrogens is 330 g/mol. The number of hydrogen-bond acceptors (Lipinski definition) is 4. The summed E-state index contributed by atoms with van der Waals surface area (Å²) in [6.45, 7) is 2.18. The van der Waals surface area contributed by atoms with Crippen molar-refractivity contribution in [3.8, 4) is 0 Å². The number of morpholine rings is 1. The number of nitrogens with zero attached hydrogens (tertiary/aromatic N) is 2. The average molecular weight is 357 g/mol. The van der Waals surface area contributed by atoms with Crippen LogP contribution in [0.15, 0.2) is 36.4 Å². The number of nitrogens with one attached hydrogen (secondary N) is 1. The van der Waals surface area contributed by atoms with Gasteiger partial charge in [0.25, 0.3) is 0 Å². The molecular formula is C20H27N3O3. The van der Waals surface area contributed by atoms with Gasteiger partial charge in [-0.15, -0.1) is 0 Å². The van der Waals surface area contributed by atoms with Crippen LogP contribution in [0.2, 0.25) is 0 Å². The van der Waals surface area contributed by atoms with E-state index < -0.39 is 0 Å². The van der Waals surface area contributed by atoms with Crippen molar-refractivity contribution < 1.29 is 14.3 Å². The summed E-state index contributed by atoms with van der Waals surface area (Å²) in [4.78, 5) is 28.0. The van der Waals surface area contributed by atoms with Crippen LogP contribution in [0.1, 0.15) is 18.4 Å². The number of ether oxygens (including phenoxy) is 1. The lowest BCUT2D eigenvalue weighted by atomic mass is 10.1. The molecule has 3 rings (SSSR count). The van der Waals surface area contributed by atoms with Gasteiger partial charge in [-0.1, -0.05) is 30.3 Å². The smallest absolute Gasteiger partial charge is 0.244 e. The van der Waals surface area contributed by atoms with Gasteiger partial charge in [-0.25, -0.2) is 0 Å². The summed E-state index contributed by atoms with van der Waals surface area (Å²) in [5, 5.41) is 3.08. The van der Waals surface area contributed by atoms with E-state index in [0.717, 1.165) is 25.1 Å². The van der Waals surface area contributed by atoms with E-state index in [1.54, 1.807) is 25.1 Å². The fourth-order valence-electron chi connectivity index (χ4n) is 3.53. The molecule has 6 heteroatoms. The van der Waals surface area contributed by atoms with Crippen LogP contribution in [0.3, 0.4) is 0 Å². The van der Waals surface area contributed by atoms with Gasteiger partial charge in [0.2, 0.25) is 11.8 Å². The molecule has 2 aliphatic rings. The molecule has 140 valence electrons. The quantitative estimate of drug-likeness (QED) is 0.803. The molecule has 0 aromatic heterocycles. The third-order valence-electron chi connectivity index (χ3n) is 4.96. The zero-order chi connectivity index (χ0) is 18.5. The van der Waals surface area contributed by atoms with Gasteiger partial charge in [-0.05, 0) is 18.1 Å². The average Bonchev–Trinajstić information content (AvgIpc) is 3.02. The maximum absolute atomic E-state index is 12.2. The molecule has 2 amide bonds. The van der Waals surface area contributed by atoms with Gasteiger partial charge in [0.15, 0.2) is 0 Å². The first-order valence-corrected chi connectivity index (χ1v) is 9.10. The van der Waals surface area contributed by atoms with E-state index in [2.05, 4.69) is 10.2 Å². The lowest BCUT2D eigenvalue weighted by molar-refractivity contribution is -0.134. The Morgan fingerprint density at radius 2 is 2.04 bits per heavy atom. The van der Waals surface area contributed by atoms with E-state index in [0.29, 0.717) is 19.1 Å². The van der Waals surface area contributed by atoms with Gasteiger partial charge in [0, 0.05) is 45.3 Å². The first-order valence-electron chi connectivity index (χ1n) is 9.10. The van der Waals surface area contributed by atoms with Gasteiger partial charge < -0.3 is 15.0 Å². The largest absolute Gasteiger partial charge is 0.375 e. The Bertz CT molecular complexity index is 660. The number of fused-ring (bicyclic) bond motifs is 1. The molecule has 2 heterocycles. The molecule has 1 aromatic carbocycles. The van der Waals surface area contributed by atoms with Crippen LogP contribution >= 0.6 is 0 Å². The Balaban J connectivity index is 1.47. The third kappa shape index (κ3) is 4.93. The van der Waals surface area contributed by atoms with E-state index in [4.69, 9.17) is 4.74 Å². The van der Waals surface area contributed by atoms with Gasteiger partial charge in [0.1, 0.15) is 0 Å². The SMILES string of the molecule is CN(C)C(=O)C[C@H]1CN2C[C@H](NC(=O)C=Cc3ccccc3)C[C@H]2CO1. The Kier molecular flexibility index (Phi) is 6.06. The molecule has 0 aliphatic carbocycles. The fraction of sp³-hybridized carbons (Fsp3) is 0.500. The van der Waals surface area contributed by atoms with Gasteiger partial charge in [0.05, 0.1) is 19.1 Å². The number of amides is 2. The molecule has 6 nitrogen and oxygen atoms in total. The summed E-state index contributed by atoms with van der Waals surface area (Å²) in [5.41, 5.74) is 1.01. The van der Waals surface area contributed by atoms with E-state index in [1.807, 2.05) is 36.4 Å². The molecule has 0 spiro atoms. The van der Waals surface area contributed by atoms with Crippen molar-refractivity contribution in [3.63, 3.8) is 0 Å². The van der Waals surface area contributed by atoms with Crippen molar-refractivity contribution in [2.75, 3.05) is 33.8 Å². The molecule has 0 bridgehead atoms. The van der Waals surface area contributed by atoms with Crippen LogP contribution < -0.4 is 5.32 Å². The second-order valence-corrected chi connectivity index (χ2v) is 7.24. The fourth-order valence-corrected chi connectivity index (χ4v) is 3.53. The first-order chi connectivity index (χ1) is 12.5. The minimum atomic E-state index is -0.0704. The highest BCUT2D eigenvalue weighted by molar-refractivity contribution is 5.91. The van der Waals surface area contributed by atoms with E-state index in [-0.39, 0.29) is 24.0 Å². The maximum atomic E-state index is 12.2. The van der Waals surface area contributed by atoms with Crippen molar-refractivity contribution in [3.05, 3.63) is 42.0 Å². The van der Waals surface area contributed by atoms with Crippen LogP contribution in [0.25, 0.3) is 6.08 Å². The summed E-state index contributed by atoms with van der Waals surface area (Å²) in [6.07, 6.45) is 4.64. The molecule has 0 radical (unpaired) electrons. The summed E-state index contributed by atoms with van der Waals surface area (Å²) in [6, 6.07) is 10.2. The number of benzene rings is 1. The van der Waals surface area contributed by atoms with Crippen molar-refractivity contribution >= 4 is 17.9 Å². The maximum Gasteiger partial charge on any atom is 0.244 e. The molecule has 2 fully saturated rings. The highest BCUT2D eigenvalue weighted by Crippen LogP contribution is 2.24. The summed E-state index contributed by atoms with van der Waals surface area (Å²) < 4.78 is 5.86. The van der Waals surface area contributed by atoms with Gasteiger partial charge in [-0.3, -0.25) is 14.5 Å². The number of carbonyl (C=O) groups is 2. The minimum absolute atomic E-state index is 0.0615. The molecule has 0 saturated carbocycles. The van der Waals surface area contributed by atoms with Crippen molar-refractivity contribution in [2.45, 2.75) is 31.0 Å². The summed E-state index contributed by atoms with van der Waals surface area (Å²) in [7, 11) is 3.52. The normalized spacial score (nSPS) is 25.8. The zero-order valence-electron chi connectivity index (χ0n) is 15.4. The molecule has 26 heavy (non-hydrogen) atoms. The Hall–Kier alpha value is -2.18. The van der Waals surface area contributed by atoms with Crippen molar-refractivity contribution in [2.24, 2.45) is 0 Å².